The van der Waals surface area contributed by atoms with Gasteiger partial charge in [0.15, 0.2) is 0 Å². The fraction of sp³-hybridized carbons (Fsp3) is 0.486. The molecule has 1 unspecified atom stereocenters. The van der Waals surface area contributed by atoms with Crippen molar-refractivity contribution in [3.8, 4) is 0 Å². The number of nitrogens with two attached hydrogens (primary N) is 1. The van der Waals surface area contributed by atoms with Crippen LogP contribution in [-0.4, -0.2) is 47.8 Å². The minimum absolute atomic E-state index is 0.0265. The molecule has 2 amide bonds. The third-order valence-electron chi connectivity index (χ3n) is 7.21. The number of carbonyl (C=O) groups is 2. The van der Waals surface area contributed by atoms with Crippen molar-refractivity contribution in [2.24, 2.45) is 5.73 Å². The van der Waals surface area contributed by atoms with Crippen molar-refractivity contribution in [2.75, 3.05) is 26.2 Å². The molecule has 0 aliphatic carbocycles. The van der Waals surface area contributed by atoms with Gasteiger partial charge in [-0.15, -0.1) is 0 Å². The number of nitrogens with zero attached hydrogens (tertiary/aromatic N) is 2. The van der Waals surface area contributed by atoms with Gasteiger partial charge < -0.3 is 15.5 Å². The maximum Gasteiger partial charge on any atom is 0.250 e. The number of amides is 2. The number of benzene rings is 2. The van der Waals surface area contributed by atoms with Crippen molar-refractivity contribution in [3.63, 3.8) is 0 Å². The molecule has 0 saturated carbocycles. The van der Waals surface area contributed by atoms with Crippen LogP contribution in [0.3, 0.4) is 0 Å². The van der Waals surface area contributed by atoms with Crippen molar-refractivity contribution in [2.45, 2.75) is 85.1 Å². The topological polar surface area (TPSA) is 66.6 Å². The second-order valence-electron chi connectivity index (χ2n) is 10.5. The van der Waals surface area contributed by atoms with E-state index >= 15 is 0 Å². The first-order chi connectivity index (χ1) is 19.4. The summed E-state index contributed by atoms with van der Waals surface area (Å²) in [7, 11) is 0. The molecule has 2 aromatic carbocycles. The van der Waals surface area contributed by atoms with E-state index in [1.807, 2.05) is 60.1 Å². The molecule has 2 aromatic rings. The highest BCUT2D eigenvalue weighted by Crippen LogP contribution is 2.29. The van der Waals surface area contributed by atoms with Crippen molar-refractivity contribution >= 4 is 11.8 Å². The minimum atomic E-state index is -0.0265. The highest BCUT2D eigenvalue weighted by molar-refractivity contribution is 5.94. The van der Waals surface area contributed by atoms with Gasteiger partial charge in [0, 0.05) is 31.6 Å². The molecule has 0 radical (unpaired) electrons. The van der Waals surface area contributed by atoms with E-state index in [0.717, 1.165) is 68.3 Å². The number of rotatable bonds is 18. The summed E-state index contributed by atoms with van der Waals surface area (Å²) < 4.78 is 0. The lowest BCUT2D eigenvalue weighted by Crippen LogP contribution is -2.37. The van der Waals surface area contributed by atoms with Crippen LogP contribution >= 0.6 is 0 Å². The van der Waals surface area contributed by atoms with Gasteiger partial charge in [0.05, 0.1) is 6.04 Å². The van der Waals surface area contributed by atoms with Gasteiger partial charge in [-0.05, 0) is 69.5 Å². The summed E-state index contributed by atoms with van der Waals surface area (Å²) >= 11 is 0. The second kappa shape index (κ2) is 19.0. The van der Waals surface area contributed by atoms with Crippen LogP contribution < -0.4 is 5.73 Å². The summed E-state index contributed by atoms with van der Waals surface area (Å²) in [6.45, 7) is 10.9. The Balaban J connectivity index is 2.28. The van der Waals surface area contributed by atoms with E-state index in [2.05, 4.69) is 50.2 Å². The number of allylic oxidation sites excluding steroid dienone is 2. The molecule has 0 saturated heterocycles. The van der Waals surface area contributed by atoms with Crippen LogP contribution in [0.1, 0.15) is 89.8 Å². The van der Waals surface area contributed by atoms with Crippen LogP contribution in [-0.2, 0) is 16.0 Å². The summed E-state index contributed by atoms with van der Waals surface area (Å²) in [6.07, 6.45) is 10.4. The Morgan fingerprint density at radius 3 is 2.08 bits per heavy atom. The highest BCUT2D eigenvalue weighted by Gasteiger charge is 2.26. The van der Waals surface area contributed by atoms with Crippen LogP contribution in [0.2, 0.25) is 0 Å². The van der Waals surface area contributed by atoms with Gasteiger partial charge in [-0.2, -0.15) is 0 Å². The Morgan fingerprint density at radius 1 is 0.875 bits per heavy atom. The van der Waals surface area contributed by atoms with E-state index in [0.29, 0.717) is 25.9 Å². The van der Waals surface area contributed by atoms with Gasteiger partial charge in [0.25, 0.3) is 0 Å². The molecule has 1 atom stereocenters. The maximum atomic E-state index is 14.1. The largest absolute Gasteiger partial charge is 0.342 e. The fourth-order valence-corrected chi connectivity index (χ4v) is 5.09. The van der Waals surface area contributed by atoms with Crippen LogP contribution in [0.4, 0.5) is 0 Å². The summed E-state index contributed by atoms with van der Waals surface area (Å²) in [5.74, 6) is 0.204. The standard InChI is InChI=1S/C35H51N3O2/c1-5-25-37(26-6-2)34(39)23-22-29(4)28-31(7-3)35(40)38(27-15-24-36)33(32-19-12-9-13-20-32)21-14-18-30-16-10-8-11-17-30/h8-13,16-17,19-20,22,28,33H,5-7,14-15,18,21,23-27,36H2,1-4H3/b29-22-,31-28+. The maximum absolute atomic E-state index is 14.1. The van der Waals surface area contributed by atoms with Gasteiger partial charge in [0.2, 0.25) is 11.8 Å². The van der Waals surface area contributed by atoms with E-state index < -0.39 is 0 Å². The Morgan fingerprint density at radius 2 is 1.50 bits per heavy atom. The van der Waals surface area contributed by atoms with Crippen molar-refractivity contribution < 1.29 is 9.59 Å². The van der Waals surface area contributed by atoms with Gasteiger partial charge in [0.1, 0.15) is 0 Å². The molecule has 0 spiro atoms. The summed E-state index contributed by atoms with van der Waals surface area (Å²) in [5.41, 5.74) is 10.1. The number of hydrogen-bond acceptors (Lipinski definition) is 3. The zero-order valence-corrected chi connectivity index (χ0v) is 25.3. The SMILES string of the molecule is CCCN(CCC)C(=O)C/C=C(C)\C=C(/CC)C(=O)N(CCCN)C(CCCc1ccccc1)c1ccccc1. The zero-order chi connectivity index (χ0) is 29.2. The Labute approximate surface area is 243 Å². The fourth-order valence-electron chi connectivity index (χ4n) is 5.09. The molecule has 40 heavy (non-hydrogen) atoms. The molecule has 0 fully saturated rings. The van der Waals surface area contributed by atoms with E-state index in [9.17, 15) is 9.59 Å². The average molecular weight is 546 g/mol. The third-order valence-corrected chi connectivity index (χ3v) is 7.21. The molecule has 0 bridgehead atoms. The van der Waals surface area contributed by atoms with E-state index in [1.165, 1.54) is 5.56 Å². The smallest absolute Gasteiger partial charge is 0.250 e. The third kappa shape index (κ3) is 11.1. The lowest BCUT2D eigenvalue weighted by atomic mass is 9.96. The molecule has 2 N–H and O–H groups in total. The first-order valence-corrected chi connectivity index (χ1v) is 15.2. The normalized spacial score (nSPS) is 12.7. The van der Waals surface area contributed by atoms with E-state index in [1.54, 1.807) is 0 Å². The van der Waals surface area contributed by atoms with Crippen LogP contribution in [0.25, 0.3) is 0 Å². The molecule has 218 valence electrons. The molecule has 0 aliphatic rings. The minimum Gasteiger partial charge on any atom is -0.342 e. The Kier molecular flexibility index (Phi) is 15.7. The molecule has 0 heterocycles. The van der Waals surface area contributed by atoms with Crippen molar-refractivity contribution in [1.29, 1.82) is 0 Å². The van der Waals surface area contributed by atoms with Crippen LogP contribution in [0, 0.1) is 0 Å². The number of hydrogen-bond donors (Lipinski definition) is 1. The summed E-state index contributed by atoms with van der Waals surface area (Å²) in [5, 5.41) is 0. The lowest BCUT2D eigenvalue weighted by Gasteiger charge is -2.33. The lowest BCUT2D eigenvalue weighted by molar-refractivity contribution is -0.130. The van der Waals surface area contributed by atoms with Crippen molar-refractivity contribution in [3.05, 3.63) is 95.1 Å². The molecular formula is C35H51N3O2. The van der Waals surface area contributed by atoms with E-state index in [-0.39, 0.29) is 17.9 Å². The molecule has 5 heteroatoms. The first kappa shape index (κ1) is 33.0. The van der Waals surface area contributed by atoms with Gasteiger partial charge in [-0.1, -0.05) is 99.2 Å². The first-order valence-electron chi connectivity index (χ1n) is 15.2. The van der Waals surface area contributed by atoms with Gasteiger partial charge in [-0.3, -0.25) is 9.59 Å². The predicted molar refractivity (Wildman–Crippen MR) is 168 cm³/mol. The Bertz CT molecular complexity index is 1060. The average Bonchev–Trinajstić information content (AvgIpc) is 2.98. The van der Waals surface area contributed by atoms with Crippen LogP contribution in [0.15, 0.2) is 84.0 Å². The van der Waals surface area contributed by atoms with Crippen LogP contribution in [0.5, 0.6) is 0 Å². The zero-order valence-electron chi connectivity index (χ0n) is 25.3. The highest BCUT2D eigenvalue weighted by atomic mass is 16.2. The second-order valence-corrected chi connectivity index (χ2v) is 10.5. The molecule has 2 rings (SSSR count). The summed E-state index contributed by atoms with van der Waals surface area (Å²) in [4.78, 5) is 30.8. The monoisotopic (exact) mass is 545 g/mol. The predicted octanol–water partition coefficient (Wildman–Crippen LogP) is 7.25. The molecule has 5 nitrogen and oxygen atoms in total. The van der Waals surface area contributed by atoms with E-state index in [4.69, 9.17) is 5.73 Å². The molecular weight excluding hydrogens is 494 g/mol. The van der Waals surface area contributed by atoms with Gasteiger partial charge in [-0.25, -0.2) is 0 Å². The quantitative estimate of drug-likeness (QED) is 0.158. The Hall–Kier alpha value is -3.18. The van der Waals surface area contributed by atoms with Gasteiger partial charge >= 0.3 is 0 Å². The molecule has 0 aliphatic heterocycles. The number of aryl methyl sites for hydroxylation is 1. The summed E-state index contributed by atoms with van der Waals surface area (Å²) in [6, 6.07) is 20.9. The van der Waals surface area contributed by atoms with Crippen molar-refractivity contribution in [1.82, 2.24) is 9.80 Å². The molecule has 0 aromatic heterocycles. The number of carbonyl (C=O) groups excluding carboxylic acids is 2.